The van der Waals surface area contributed by atoms with Gasteiger partial charge < -0.3 is 19.8 Å². The van der Waals surface area contributed by atoms with Gasteiger partial charge >= 0.3 is 0 Å². The average Bonchev–Trinajstić information content (AvgIpc) is 3.58. The molecule has 7 atom stereocenters. The molecule has 1 spiro atoms. The van der Waals surface area contributed by atoms with Crippen LogP contribution in [0.4, 0.5) is 0 Å². The highest BCUT2D eigenvalue weighted by molar-refractivity contribution is 8.02. The molecule has 1 N–H and O–H groups in total. The van der Waals surface area contributed by atoms with Gasteiger partial charge in [-0.25, -0.2) is 0 Å². The van der Waals surface area contributed by atoms with Gasteiger partial charge in [-0.05, 0) is 37.2 Å². The Labute approximate surface area is 249 Å². The Bertz CT molecular complexity index is 1150. The second-order valence-corrected chi connectivity index (χ2v) is 14.0. The van der Waals surface area contributed by atoms with Crippen molar-refractivity contribution in [1.82, 2.24) is 14.7 Å². The topological polar surface area (TPSA) is 81.2 Å². The molecule has 1 aromatic carbocycles. The van der Waals surface area contributed by atoms with Crippen LogP contribution in [0.15, 0.2) is 55.6 Å². The first-order valence-electron chi connectivity index (χ1n) is 15.2. The van der Waals surface area contributed by atoms with Crippen molar-refractivity contribution >= 4 is 29.5 Å². The van der Waals surface area contributed by atoms with Crippen LogP contribution in [0, 0.1) is 17.8 Å². The van der Waals surface area contributed by atoms with Crippen LogP contribution >= 0.6 is 11.8 Å². The maximum atomic E-state index is 14.9. The Morgan fingerprint density at radius 2 is 1.80 bits per heavy atom. The van der Waals surface area contributed by atoms with Crippen LogP contribution in [-0.4, -0.2) is 92.4 Å². The lowest BCUT2D eigenvalue weighted by Crippen LogP contribution is -2.61. The number of likely N-dealkylation sites (tertiary alicyclic amines) is 1. The second-order valence-electron chi connectivity index (χ2n) is 12.4. The number of nitrogens with zero attached hydrogens (tertiary/aromatic N) is 3. The van der Waals surface area contributed by atoms with Gasteiger partial charge in [-0.3, -0.25) is 14.4 Å². The third-order valence-corrected chi connectivity index (χ3v) is 12.1. The zero-order valence-corrected chi connectivity index (χ0v) is 25.3. The number of aliphatic hydroxyl groups excluding tert-OH is 1. The van der Waals surface area contributed by atoms with Crippen molar-refractivity contribution in [2.75, 3.05) is 26.7 Å². The molecular formula is C33H45N3O4S. The molecule has 4 fully saturated rings. The quantitative estimate of drug-likeness (QED) is 0.402. The van der Waals surface area contributed by atoms with Gasteiger partial charge in [0.05, 0.1) is 29.2 Å². The Morgan fingerprint density at radius 3 is 2.44 bits per heavy atom. The van der Waals surface area contributed by atoms with E-state index in [1.165, 1.54) is 6.42 Å². The van der Waals surface area contributed by atoms with Gasteiger partial charge in [0.2, 0.25) is 17.7 Å². The largest absolute Gasteiger partial charge is 0.394 e. The molecular weight excluding hydrogens is 534 g/mol. The lowest BCUT2D eigenvalue weighted by molar-refractivity contribution is -0.147. The van der Waals surface area contributed by atoms with E-state index >= 15 is 0 Å². The van der Waals surface area contributed by atoms with Crippen molar-refractivity contribution < 1.29 is 19.5 Å². The fourth-order valence-corrected chi connectivity index (χ4v) is 10.6. The summed E-state index contributed by atoms with van der Waals surface area (Å²) in [5.74, 6) is -1.28. The van der Waals surface area contributed by atoms with Gasteiger partial charge in [0, 0.05) is 31.4 Å². The standard InChI is InChI=1S/C33H45N3O4S/c1-5-17-34(4)30(38)27-26-19-22(3)33(41-26)28(27)31(39)36(25(21-37)20-23-13-9-7-10-14-23)29(33)32(40)35(18-6-2)24-15-11-8-12-16-24/h5-7,9-10,13-14,22,24-29,37H,1-2,8,11-12,15-21H2,3-4H3/t22?,25-,26+,27-,28+,29?,33?/m1/s1. The molecule has 5 rings (SSSR count). The highest BCUT2D eigenvalue weighted by Crippen LogP contribution is 2.69. The number of carbonyl (C=O) groups excluding carboxylic acids is 3. The van der Waals surface area contributed by atoms with Crippen molar-refractivity contribution in [1.29, 1.82) is 0 Å². The maximum Gasteiger partial charge on any atom is 0.247 e. The van der Waals surface area contributed by atoms with Gasteiger partial charge in [0.25, 0.3) is 0 Å². The van der Waals surface area contributed by atoms with E-state index in [-0.39, 0.29) is 41.5 Å². The highest BCUT2D eigenvalue weighted by Gasteiger charge is 2.77. The highest BCUT2D eigenvalue weighted by atomic mass is 32.2. The molecule has 3 unspecified atom stereocenters. The molecule has 222 valence electrons. The summed E-state index contributed by atoms with van der Waals surface area (Å²) in [4.78, 5) is 48.8. The van der Waals surface area contributed by atoms with Crippen LogP contribution in [-0.2, 0) is 20.8 Å². The summed E-state index contributed by atoms with van der Waals surface area (Å²) in [5, 5.41) is 10.7. The maximum absolute atomic E-state index is 14.9. The summed E-state index contributed by atoms with van der Waals surface area (Å²) in [6, 6.07) is 8.63. The predicted molar refractivity (Wildman–Crippen MR) is 163 cm³/mol. The molecule has 4 aliphatic rings. The third-order valence-electron chi connectivity index (χ3n) is 10.0. The molecule has 3 heterocycles. The van der Waals surface area contributed by atoms with Crippen molar-refractivity contribution in [3.05, 3.63) is 61.2 Å². The lowest BCUT2D eigenvalue weighted by atomic mass is 9.65. The number of rotatable bonds is 11. The Balaban J connectivity index is 1.60. The van der Waals surface area contributed by atoms with Gasteiger partial charge in [-0.2, -0.15) is 0 Å². The van der Waals surface area contributed by atoms with E-state index in [1.807, 2.05) is 35.2 Å². The molecule has 2 bridgehead atoms. The van der Waals surface area contributed by atoms with E-state index in [2.05, 4.69) is 20.1 Å². The monoisotopic (exact) mass is 579 g/mol. The third kappa shape index (κ3) is 5.05. The molecule has 0 aromatic heterocycles. The zero-order chi connectivity index (χ0) is 29.3. The van der Waals surface area contributed by atoms with Crippen LogP contribution in [0.3, 0.4) is 0 Å². The Morgan fingerprint density at radius 1 is 1.12 bits per heavy atom. The van der Waals surface area contributed by atoms with Gasteiger partial charge in [0.1, 0.15) is 6.04 Å². The van der Waals surface area contributed by atoms with Crippen molar-refractivity contribution in [3.63, 3.8) is 0 Å². The minimum atomic E-state index is -0.741. The molecule has 41 heavy (non-hydrogen) atoms. The summed E-state index contributed by atoms with van der Waals surface area (Å²) < 4.78 is -0.716. The lowest BCUT2D eigenvalue weighted by Gasteiger charge is -2.44. The van der Waals surface area contributed by atoms with Crippen LogP contribution in [0.25, 0.3) is 0 Å². The summed E-state index contributed by atoms with van der Waals surface area (Å²) in [5.41, 5.74) is 0.999. The summed E-state index contributed by atoms with van der Waals surface area (Å²) in [7, 11) is 1.76. The first-order chi connectivity index (χ1) is 19.8. The number of hydrogen-bond acceptors (Lipinski definition) is 5. The fraction of sp³-hybridized carbons (Fsp3) is 0.606. The van der Waals surface area contributed by atoms with E-state index in [1.54, 1.807) is 40.8 Å². The molecule has 0 radical (unpaired) electrons. The minimum absolute atomic E-state index is 0.0135. The summed E-state index contributed by atoms with van der Waals surface area (Å²) in [6.07, 6.45) is 9.95. The zero-order valence-electron chi connectivity index (χ0n) is 24.5. The van der Waals surface area contributed by atoms with E-state index in [0.717, 1.165) is 37.7 Å². The molecule has 8 heteroatoms. The van der Waals surface area contributed by atoms with Gasteiger partial charge in [0.15, 0.2) is 0 Å². The van der Waals surface area contributed by atoms with Crippen molar-refractivity contribution in [3.8, 4) is 0 Å². The number of amides is 3. The summed E-state index contributed by atoms with van der Waals surface area (Å²) >= 11 is 1.70. The van der Waals surface area contributed by atoms with Crippen molar-refractivity contribution in [2.45, 2.75) is 80.0 Å². The molecule has 3 saturated heterocycles. The van der Waals surface area contributed by atoms with Crippen molar-refractivity contribution in [2.24, 2.45) is 17.8 Å². The number of thioether (sulfide) groups is 1. The number of aliphatic hydroxyl groups is 1. The predicted octanol–water partition coefficient (Wildman–Crippen LogP) is 3.92. The smallest absolute Gasteiger partial charge is 0.247 e. The second kappa shape index (κ2) is 12.3. The molecule has 7 nitrogen and oxygen atoms in total. The van der Waals surface area contributed by atoms with Crippen LogP contribution in [0.2, 0.25) is 0 Å². The average molecular weight is 580 g/mol. The van der Waals surface area contributed by atoms with Gasteiger partial charge in [-0.15, -0.1) is 24.9 Å². The van der Waals surface area contributed by atoms with Crippen LogP contribution < -0.4 is 0 Å². The fourth-order valence-electron chi connectivity index (χ4n) is 8.20. The number of carbonyl (C=O) groups is 3. The molecule has 3 amide bonds. The van der Waals surface area contributed by atoms with Gasteiger partial charge in [-0.1, -0.05) is 68.7 Å². The first-order valence-corrected chi connectivity index (χ1v) is 16.1. The molecule has 1 aromatic rings. The Kier molecular flexibility index (Phi) is 9.00. The Hall–Kier alpha value is -2.58. The molecule has 1 aliphatic carbocycles. The van der Waals surface area contributed by atoms with E-state index in [0.29, 0.717) is 19.5 Å². The van der Waals surface area contributed by atoms with E-state index in [4.69, 9.17) is 0 Å². The first kappa shape index (κ1) is 29.9. The normalized spacial score (nSPS) is 31.5. The van der Waals surface area contributed by atoms with Crippen LogP contribution in [0.5, 0.6) is 0 Å². The van der Waals surface area contributed by atoms with E-state index < -0.39 is 28.7 Å². The number of likely N-dealkylation sites (N-methyl/N-ethyl adjacent to an activating group) is 1. The number of hydrogen-bond donors (Lipinski definition) is 1. The van der Waals surface area contributed by atoms with Crippen LogP contribution in [0.1, 0.15) is 51.0 Å². The number of fused-ring (bicyclic) bond motifs is 1. The van der Waals surface area contributed by atoms with E-state index in [9.17, 15) is 19.5 Å². The molecule has 1 saturated carbocycles. The summed E-state index contributed by atoms with van der Waals surface area (Å²) in [6.45, 7) is 10.5. The molecule has 3 aliphatic heterocycles. The minimum Gasteiger partial charge on any atom is -0.394 e. The number of benzene rings is 1. The SMILES string of the molecule is C=CCN(C)C(=O)[C@@H]1[C@@H]2CC(C)C3(S2)C(C(=O)N(CC=C)C2CCCCC2)N([C@@H](CO)Cc2ccccc2)C(=O)[C@H]13.